The average molecular weight is 656 g/mol. The van der Waals surface area contributed by atoms with Crippen molar-refractivity contribution in [2.24, 2.45) is 22.4 Å². The Morgan fingerprint density at radius 1 is 1.11 bits per heavy atom. The van der Waals surface area contributed by atoms with Crippen LogP contribution in [0.1, 0.15) is 91.5 Å². The SMILES string of the molecule is CCC[C@H](NC(=O)[C@@H]1C[C@]2(CC(c3cccc(Cl)c3)=NO2)CN1C(=O)[C@@H](NC(=O)[C@@H]1C[C@H]1CC)C(C)(C)C)C(=O)C(=O)NC1CC1. The zero-order chi connectivity index (χ0) is 33.4. The minimum atomic E-state index is -1.04. The lowest BCUT2D eigenvalue weighted by Crippen LogP contribution is -2.59. The molecule has 11 nitrogen and oxygen atoms in total. The number of rotatable bonds is 12. The molecule has 4 amide bonds. The summed E-state index contributed by atoms with van der Waals surface area (Å²) in [5.74, 6) is -2.35. The summed E-state index contributed by atoms with van der Waals surface area (Å²) in [5, 5.41) is 13.4. The van der Waals surface area contributed by atoms with Crippen LogP contribution in [0, 0.1) is 17.3 Å². The summed E-state index contributed by atoms with van der Waals surface area (Å²) in [4.78, 5) is 74.9. The van der Waals surface area contributed by atoms with E-state index in [0.717, 1.165) is 31.2 Å². The van der Waals surface area contributed by atoms with Gasteiger partial charge in [0.25, 0.3) is 5.91 Å². The maximum absolute atomic E-state index is 14.4. The first-order valence-electron chi connectivity index (χ1n) is 16.5. The van der Waals surface area contributed by atoms with Crippen LogP contribution in [0.25, 0.3) is 0 Å². The number of likely N-dealkylation sites (tertiary alicyclic amines) is 1. The van der Waals surface area contributed by atoms with Gasteiger partial charge in [0.05, 0.1) is 18.3 Å². The molecule has 0 aromatic heterocycles. The Kier molecular flexibility index (Phi) is 9.82. The maximum Gasteiger partial charge on any atom is 0.289 e. The fraction of sp³-hybridized carbons (Fsp3) is 0.647. The van der Waals surface area contributed by atoms with E-state index in [9.17, 15) is 24.0 Å². The van der Waals surface area contributed by atoms with Crippen LogP contribution in [-0.2, 0) is 28.8 Å². The molecule has 0 unspecified atom stereocenters. The van der Waals surface area contributed by atoms with Gasteiger partial charge in [-0.15, -0.1) is 0 Å². The van der Waals surface area contributed by atoms with Crippen molar-refractivity contribution in [1.82, 2.24) is 20.9 Å². The van der Waals surface area contributed by atoms with Crippen molar-refractivity contribution in [1.29, 1.82) is 0 Å². The van der Waals surface area contributed by atoms with E-state index in [4.69, 9.17) is 16.4 Å². The molecule has 2 saturated carbocycles. The van der Waals surface area contributed by atoms with Crippen LogP contribution >= 0.6 is 11.6 Å². The molecule has 12 heteroatoms. The smallest absolute Gasteiger partial charge is 0.289 e. The number of ketones is 1. The second-order valence-corrected chi connectivity index (χ2v) is 14.9. The van der Waals surface area contributed by atoms with Crippen molar-refractivity contribution in [2.75, 3.05) is 6.54 Å². The van der Waals surface area contributed by atoms with Gasteiger partial charge in [0.2, 0.25) is 23.5 Å². The molecule has 3 fully saturated rings. The van der Waals surface area contributed by atoms with Crippen molar-refractivity contribution in [3.8, 4) is 0 Å². The van der Waals surface area contributed by atoms with Gasteiger partial charge in [-0.1, -0.05) is 76.3 Å². The zero-order valence-electron chi connectivity index (χ0n) is 27.4. The maximum atomic E-state index is 14.4. The number of carbonyl (C=O) groups excluding carboxylic acids is 5. The lowest BCUT2D eigenvalue weighted by molar-refractivity contribution is -0.145. The number of hydrogen-bond donors (Lipinski definition) is 3. The van der Waals surface area contributed by atoms with Gasteiger partial charge in [-0.2, -0.15) is 0 Å². The van der Waals surface area contributed by atoms with E-state index in [1.165, 1.54) is 4.90 Å². The van der Waals surface area contributed by atoms with Crippen LogP contribution in [0.4, 0.5) is 0 Å². The number of nitrogens with zero attached hydrogens (tertiary/aromatic N) is 2. The number of benzene rings is 1. The Labute approximate surface area is 275 Å². The largest absolute Gasteiger partial charge is 0.387 e. The van der Waals surface area contributed by atoms with Crippen molar-refractivity contribution in [2.45, 2.75) is 116 Å². The molecule has 2 aliphatic carbocycles. The standard InChI is InChI=1S/C34H46ClN5O6/c1-6-9-24(27(41)31(44)36-22-12-13-22)37-30(43)26-17-34(16-25(39-46-34)20-10-8-11-21(35)14-20)18-40(26)32(45)28(33(3,4)5)38-29(42)23-15-19(23)7-2/h8,10-11,14,19,22-24,26,28H,6-7,9,12-13,15-18H2,1-5H3,(H,36,44)(H,37,43)(H,38,42)/t19-,23-,24+,26+,28-,34-/m1/s1. The lowest BCUT2D eigenvalue weighted by atomic mass is 9.85. The fourth-order valence-corrected chi connectivity index (χ4v) is 6.69. The van der Waals surface area contributed by atoms with Crippen molar-refractivity contribution in [3.63, 3.8) is 0 Å². The molecule has 6 atom stereocenters. The normalized spacial score (nSPS) is 26.5. The molecule has 46 heavy (non-hydrogen) atoms. The van der Waals surface area contributed by atoms with Gasteiger partial charge in [-0.3, -0.25) is 24.0 Å². The Morgan fingerprint density at radius 3 is 2.46 bits per heavy atom. The minimum absolute atomic E-state index is 0.00164. The molecule has 0 bridgehead atoms. The molecule has 3 N–H and O–H groups in total. The topological polar surface area (TPSA) is 146 Å². The summed E-state index contributed by atoms with van der Waals surface area (Å²) in [6.45, 7) is 9.60. The predicted molar refractivity (Wildman–Crippen MR) is 173 cm³/mol. The zero-order valence-corrected chi connectivity index (χ0v) is 28.1. The van der Waals surface area contributed by atoms with Gasteiger partial charge in [-0.25, -0.2) is 0 Å². The Hall–Kier alpha value is -3.47. The van der Waals surface area contributed by atoms with E-state index in [1.807, 2.05) is 46.8 Å². The van der Waals surface area contributed by atoms with Gasteiger partial charge >= 0.3 is 0 Å². The van der Waals surface area contributed by atoms with E-state index in [-0.39, 0.29) is 37.3 Å². The monoisotopic (exact) mass is 655 g/mol. The van der Waals surface area contributed by atoms with Crippen LogP contribution in [0.3, 0.4) is 0 Å². The summed E-state index contributed by atoms with van der Waals surface area (Å²) in [6, 6.07) is 4.26. The number of amides is 4. The molecule has 1 aromatic carbocycles. The van der Waals surface area contributed by atoms with E-state index in [0.29, 0.717) is 29.5 Å². The third kappa shape index (κ3) is 7.56. The van der Waals surface area contributed by atoms with Gasteiger partial charge in [0, 0.05) is 35.4 Å². The summed E-state index contributed by atoms with van der Waals surface area (Å²) in [7, 11) is 0. The number of nitrogens with one attached hydrogen (secondary N) is 3. The highest BCUT2D eigenvalue weighted by Crippen LogP contribution is 2.42. The summed E-state index contributed by atoms with van der Waals surface area (Å²) >= 11 is 6.23. The summed E-state index contributed by atoms with van der Waals surface area (Å²) in [5.41, 5.74) is -0.244. The molecule has 4 aliphatic rings. The third-order valence-electron chi connectivity index (χ3n) is 9.51. The molecule has 250 valence electrons. The number of Topliss-reactive ketones (excluding diaryl/α,β-unsaturated/α-hetero) is 1. The van der Waals surface area contributed by atoms with E-state index >= 15 is 0 Å². The minimum Gasteiger partial charge on any atom is -0.387 e. The van der Waals surface area contributed by atoms with Crippen molar-refractivity contribution >= 4 is 46.7 Å². The highest BCUT2D eigenvalue weighted by atomic mass is 35.5. The van der Waals surface area contributed by atoms with Crippen LogP contribution < -0.4 is 16.0 Å². The molecule has 1 spiro atoms. The molecule has 2 aliphatic heterocycles. The van der Waals surface area contributed by atoms with Crippen molar-refractivity contribution in [3.05, 3.63) is 34.9 Å². The number of carbonyl (C=O) groups is 5. The van der Waals surface area contributed by atoms with E-state index in [1.54, 1.807) is 12.1 Å². The predicted octanol–water partition coefficient (Wildman–Crippen LogP) is 3.51. The van der Waals surface area contributed by atoms with Crippen molar-refractivity contribution < 1.29 is 28.8 Å². The molecule has 0 radical (unpaired) electrons. The first kappa shape index (κ1) is 33.9. The van der Waals surface area contributed by atoms with Crippen LogP contribution in [-0.4, -0.2) is 76.3 Å². The number of oxime groups is 1. The molecular formula is C34H46ClN5O6. The molecule has 1 aromatic rings. The fourth-order valence-electron chi connectivity index (χ4n) is 6.50. The summed E-state index contributed by atoms with van der Waals surface area (Å²) < 4.78 is 0. The first-order valence-corrected chi connectivity index (χ1v) is 16.9. The Bertz CT molecular complexity index is 1420. The van der Waals surface area contributed by atoms with Gasteiger partial charge in [0.15, 0.2) is 5.60 Å². The van der Waals surface area contributed by atoms with Gasteiger partial charge < -0.3 is 25.7 Å². The number of halogens is 1. The average Bonchev–Trinajstić information content (AvgIpc) is 3.92. The molecule has 5 rings (SSSR count). The second kappa shape index (κ2) is 13.3. The Morgan fingerprint density at radius 2 is 1.85 bits per heavy atom. The second-order valence-electron chi connectivity index (χ2n) is 14.5. The third-order valence-corrected chi connectivity index (χ3v) is 9.75. The van der Waals surface area contributed by atoms with E-state index in [2.05, 4.69) is 21.1 Å². The molecule has 1 saturated heterocycles. The number of hydrogen-bond acceptors (Lipinski definition) is 7. The quantitative estimate of drug-likeness (QED) is 0.294. The summed E-state index contributed by atoms with van der Waals surface area (Å²) in [6.07, 6.45) is 4.62. The lowest BCUT2D eigenvalue weighted by Gasteiger charge is -2.35. The van der Waals surface area contributed by atoms with Crippen LogP contribution in [0.5, 0.6) is 0 Å². The van der Waals surface area contributed by atoms with Gasteiger partial charge in [0.1, 0.15) is 12.1 Å². The molecular weight excluding hydrogens is 610 g/mol. The first-order chi connectivity index (χ1) is 21.7. The highest BCUT2D eigenvalue weighted by molar-refractivity contribution is 6.38. The van der Waals surface area contributed by atoms with Crippen LogP contribution in [0.15, 0.2) is 29.4 Å². The van der Waals surface area contributed by atoms with E-state index < -0.39 is 52.6 Å². The van der Waals surface area contributed by atoms with Gasteiger partial charge in [-0.05, 0) is 49.1 Å². The Balaban J connectivity index is 1.39. The highest BCUT2D eigenvalue weighted by Gasteiger charge is 2.56. The molecule has 2 heterocycles. The van der Waals surface area contributed by atoms with Crippen LogP contribution in [0.2, 0.25) is 5.02 Å².